The van der Waals surface area contributed by atoms with E-state index in [1.165, 1.54) is 26.4 Å². The van der Waals surface area contributed by atoms with Crippen LogP contribution in [0.4, 0.5) is 0 Å². The van der Waals surface area contributed by atoms with Crippen molar-refractivity contribution >= 4 is 29.7 Å². The highest BCUT2D eigenvalue weighted by Crippen LogP contribution is 2.29. The van der Waals surface area contributed by atoms with Crippen LogP contribution in [0.5, 0.6) is 0 Å². The molecular formula is C27H35N3O3S. The smallest absolute Gasteiger partial charge is 0.328 e. The van der Waals surface area contributed by atoms with Gasteiger partial charge >= 0.3 is 5.97 Å². The monoisotopic (exact) mass is 481 g/mol. The second kappa shape index (κ2) is 13.2. The summed E-state index contributed by atoms with van der Waals surface area (Å²) < 4.78 is 4.91. The van der Waals surface area contributed by atoms with Gasteiger partial charge in [-0.2, -0.15) is 11.8 Å². The second-order valence-corrected chi connectivity index (χ2v) is 9.45. The van der Waals surface area contributed by atoms with Crippen LogP contribution in [-0.2, 0) is 9.53 Å². The van der Waals surface area contributed by atoms with Gasteiger partial charge in [-0.1, -0.05) is 36.8 Å². The van der Waals surface area contributed by atoms with Crippen LogP contribution in [0.1, 0.15) is 47.2 Å². The summed E-state index contributed by atoms with van der Waals surface area (Å²) in [4.78, 5) is 25.5. The number of nitrogens with zero attached hydrogens (tertiary/aromatic N) is 1. The summed E-state index contributed by atoms with van der Waals surface area (Å²) in [5.74, 6) is 0.0400. The summed E-state index contributed by atoms with van der Waals surface area (Å²) in [6.45, 7) is 4.14. The van der Waals surface area contributed by atoms with Gasteiger partial charge in [0.2, 0.25) is 0 Å². The maximum absolute atomic E-state index is 13.3. The first-order chi connectivity index (χ1) is 16.5. The van der Waals surface area contributed by atoms with Crippen LogP contribution < -0.4 is 10.7 Å². The molecule has 1 aliphatic rings. The Balaban J connectivity index is 1.87. The van der Waals surface area contributed by atoms with Crippen molar-refractivity contribution < 1.29 is 14.3 Å². The van der Waals surface area contributed by atoms with Crippen LogP contribution in [0.3, 0.4) is 0 Å². The van der Waals surface area contributed by atoms with Crippen molar-refractivity contribution in [1.82, 2.24) is 15.8 Å². The lowest BCUT2D eigenvalue weighted by Gasteiger charge is -2.26. The van der Waals surface area contributed by atoms with Crippen molar-refractivity contribution in [3.63, 3.8) is 0 Å². The van der Waals surface area contributed by atoms with Crippen LogP contribution in [0.2, 0.25) is 0 Å². The maximum Gasteiger partial charge on any atom is 0.328 e. The van der Waals surface area contributed by atoms with E-state index in [1.54, 1.807) is 11.8 Å². The molecular weight excluding hydrogens is 446 g/mol. The molecule has 0 spiro atoms. The van der Waals surface area contributed by atoms with E-state index in [-0.39, 0.29) is 5.91 Å². The molecule has 0 aliphatic carbocycles. The molecule has 1 fully saturated rings. The number of benzene rings is 2. The SMILES string of the molecule is COC(=O)C(CCSC)NC(=O)c1ccc(/C=C/NN2CCCCC2)cc1-c1ccccc1C. The first kappa shape index (κ1) is 25.8. The fourth-order valence-corrected chi connectivity index (χ4v) is 4.56. The first-order valence-electron chi connectivity index (χ1n) is 11.8. The Hall–Kier alpha value is -2.77. The lowest BCUT2D eigenvalue weighted by molar-refractivity contribution is -0.142. The van der Waals surface area contributed by atoms with Gasteiger partial charge in [-0.3, -0.25) is 4.79 Å². The molecule has 1 atom stereocenters. The van der Waals surface area contributed by atoms with Crippen LogP contribution in [0.15, 0.2) is 48.7 Å². The van der Waals surface area contributed by atoms with E-state index in [9.17, 15) is 9.59 Å². The standard InChI is InChI=1S/C27H35N3O3S/c1-20-9-5-6-10-22(20)24-19-21(13-15-28-30-16-7-4-8-17-30)11-12-23(24)26(31)29-25(14-18-34-3)27(32)33-2/h5-6,9-13,15,19,25,28H,4,7-8,14,16-18H2,1-3H3,(H,29,31)/b15-13+. The summed E-state index contributed by atoms with van der Waals surface area (Å²) in [5, 5.41) is 5.12. The zero-order chi connectivity index (χ0) is 24.3. The maximum atomic E-state index is 13.3. The Bertz CT molecular complexity index is 1000. The van der Waals surface area contributed by atoms with Crippen LogP contribution in [-0.4, -0.2) is 55.1 Å². The molecule has 0 radical (unpaired) electrons. The van der Waals surface area contributed by atoms with Crippen molar-refractivity contribution in [2.75, 3.05) is 32.2 Å². The minimum absolute atomic E-state index is 0.281. The van der Waals surface area contributed by atoms with E-state index < -0.39 is 12.0 Å². The molecule has 0 aromatic heterocycles. The first-order valence-corrected chi connectivity index (χ1v) is 13.2. The molecule has 34 heavy (non-hydrogen) atoms. The molecule has 3 rings (SSSR count). The molecule has 1 saturated heterocycles. The summed E-state index contributed by atoms with van der Waals surface area (Å²) in [7, 11) is 1.35. The molecule has 1 heterocycles. The Labute approximate surface area is 207 Å². The number of piperidine rings is 1. The molecule has 0 saturated carbocycles. The number of hydrogen-bond acceptors (Lipinski definition) is 6. The number of esters is 1. The average molecular weight is 482 g/mol. The number of methoxy groups -OCH3 is 1. The lowest BCUT2D eigenvalue weighted by Crippen LogP contribution is -2.42. The predicted octanol–water partition coefficient (Wildman–Crippen LogP) is 4.65. The van der Waals surface area contributed by atoms with Gasteiger partial charge in [-0.15, -0.1) is 0 Å². The van der Waals surface area contributed by atoms with Crippen molar-refractivity contribution in [3.8, 4) is 11.1 Å². The fraction of sp³-hybridized carbons (Fsp3) is 0.407. The van der Waals surface area contributed by atoms with Gasteiger partial charge in [0.05, 0.1) is 7.11 Å². The third kappa shape index (κ3) is 7.11. The normalized spacial score (nSPS) is 15.1. The van der Waals surface area contributed by atoms with Crippen LogP contribution in [0.25, 0.3) is 17.2 Å². The van der Waals surface area contributed by atoms with E-state index in [1.807, 2.05) is 67.9 Å². The van der Waals surface area contributed by atoms with E-state index in [0.29, 0.717) is 12.0 Å². The van der Waals surface area contributed by atoms with E-state index in [2.05, 4.69) is 15.8 Å². The van der Waals surface area contributed by atoms with Crippen molar-refractivity contribution in [2.24, 2.45) is 0 Å². The quantitative estimate of drug-likeness (QED) is 0.482. The summed E-state index contributed by atoms with van der Waals surface area (Å²) in [6, 6.07) is 13.1. The molecule has 6 nitrogen and oxygen atoms in total. The van der Waals surface area contributed by atoms with Gasteiger partial charge in [0, 0.05) is 24.9 Å². The molecule has 1 aliphatic heterocycles. The Morgan fingerprint density at radius 3 is 2.59 bits per heavy atom. The van der Waals surface area contributed by atoms with Gasteiger partial charge in [0.1, 0.15) is 6.04 Å². The highest BCUT2D eigenvalue weighted by molar-refractivity contribution is 7.98. The van der Waals surface area contributed by atoms with E-state index in [4.69, 9.17) is 4.74 Å². The lowest BCUT2D eigenvalue weighted by atomic mass is 9.93. The van der Waals surface area contributed by atoms with Crippen molar-refractivity contribution in [3.05, 3.63) is 65.4 Å². The van der Waals surface area contributed by atoms with Crippen molar-refractivity contribution in [2.45, 2.75) is 38.6 Å². The number of carbonyl (C=O) groups is 2. The average Bonchev–Trinajstić information content (AvgIpc) is 2.86. The Kier molecular flexibility index (Phi) is 10.0. The van der Waals surface area contributed by atoms with E-state index >= 15 is 0 Å². The molecule has 182 valence electrons. The third-order valence-electron chi connectivity index (χ3n) is 6.01. The van der Waals surface area contributed by atoms with Crippen molar-refractivity contribution in [1.29, 1.82) is 0 Å². The minimum Gasteiger partial charge on any atom is -0.467 e. The Morgan fingerprint density at radius 2 is 1.88 bits per heavy atom. The fourth-order valence-electron chi connectivity index (χ4n) is 4.09. The predicted molar refractivity (Wildman–Crippen MR) is 140 cm³/mol. The second-order valence-electron chi connectivity index (χ2n) is 8.46. The van der Waals surface area contributed by atoms with Gasteiger partial charge in [0.15, 0.2) is 0 Å². The highest BCUT2D eigenvalue weighted by atomic mass is 32.2. The number of hydrogen-bond donors (Lipinski definition) is 2. The largest absolute Gasteiger partial charge is 0.467 e. The zero-order valence-corrected chi connectivity index (χ0v) is 21.1. The van der Waals surface area contributed by atoms with Gasteiger partial charge in [-0.25, -0.2) is 9.80 Å². The van der Waals surface area contributed by atoms with Gasteiger partial charge in [0.25, 0.3) is 5.91 Å². The van der Waals surface area contributed by atoms with Crippen LogP contribution in [0, 0.1) is 6.92 Å². The number of rotatable bonds is 10. The number of thioether (sulfide) groups is 1. The third-order valence-corrected chi connectivity index (χ3v) is 6.66. The summed E-state index contributed by atoms with van der Waals surface area (Å²) in [6.07, 6.45) is 10.2. The molecule has 1 amide bonds. The summed E-state index contributed by atoms with van der Waals surface area (Å²) in [5.41, 5.74) is 7.80. The van der Waals surface area contributed by atoms with Gasteiger partial charge < -0.3 is 15.5 Å². The molecule has 7 heteroatoms. The molecule has 1 unspecified atom stereocenters. The number of ether oxygens (including phenoxy) is 1. The zero-order valence-electron chi connectivity index (χ0n) is 20.3. The number of amides is 1. The number of hydrazine groups is 1. The van der Waals surface area contributed by atoms with Crippen LogP contribution >= 0.6 is 11.8 Å². The van der Waals surface area contributed by atoms with Gasteiger partial charge in [-0.05, 0) is 78.7 Å². The minimum atomic E-state index is -0.678. The molecule has 0 bridgehead atoms. The highest BCUT2D eigenvalue weighted by Gasteiger charge is 2.23. The number of nitrogens with one attached hydrogen (secondary N) is 2. The van der Waals surface area contributed by atoms with E-state index in [0.717, 1.165) is 41.1 Å². The number of aryl methyl sites for hydroxylation is 1. The molecule has 2 aromatic carbocycles. The number of carbonyl (C=O) groups excluding carboxylic acids is 2. The summed E-state index contributed by atoms with van der Waals surface area (Å²) >= 11 is 1.63. The Morgan fingerprint density at radius 1 is 1.12 bits per heavy atom. The molecule has 2 N–H and O–H groups in total. The molecule has 2 aromatic rings. The topological polar surface area (TPSA) is 70.7 Å².